The summed E-state index contributed by atoms with van der Waals surface area (Å²) in [5.41, 5.74) is 1.93. The highest BCUT2D eigenvalue weighted by Gasteiger charge is 2.34. The number of carboxylic acid groups (broad SMARTS) is 1. The van der Waals surface area contributed by atoms with E-state index in [1.807, 2.05) is 24.3 Å². The standard InChI is InChI=1S/C15H20N2O4/c1-3-11-4-6-12(7-5-11)16(2)15(20)17-8-9-21-10-13(17)14(18)19/h4-7,13H,3,8-10H2,1-2H3,(H,18,19). The first-order valence-corrected chi connectivity index (χ1v) is 6.98. The number of anilines is 1. The van der Waals surface area contributed by atoms with E-state index in [0.29, 0.717) is 6.61 Å². The van der Waals surface area contributed by atoms with Gasteiger partial charge in [-0.25, -0.2) is 9.59 Å². The highest BCUT2D eigenvalue weighted by Crippen LogP contribution is 2.18. The average molecular weight is 292 g/mol. The van der Waals surface area contributed by atoms with E-state index < -0.39 is 12.0 Å². The van der Waals surface area contributed by atoms with Crippen LogP contribution in [0.15, 0.2) is 24.3 Å². The van der Waals surface area contributed by atoms with Gasteiger partial charge in [0.05, 0.1) is 13.2 Å². The maximum absolute atomic E-state index is 12.5. The molecule has 1 saturated heterocycles. The van der Waals surface area contributed by atoms with E-state index in [1.165, 1.54) is 15.4 Å². The quantitative estimate of drug-likeness (QED) is 0.918. The van der Waals surface area contributed by atoms with Crippen molar-refractivity contribution in [3.63, 3.8) is 0 Å². The Morgan fingerprint density at radius 1 is 1.38 bits per heavy atom. The number of hydrogen-bond donors (Lipinski definition) is 1. The van der Waals surface area contributed by atoms with Crippen molar-refractivity contribution in [1.82, 2.24) is 4.90 Å². The number of carboxylic acids is 1. The van der Waals surface area contributed by atoms with Gasteiger partial charge in [0.2, 0.25) is 0 Å². The first kappa shape index (κ1) is 15.3. The molecule has 0 saturated carbocycles. The van der Waals surface area contributed by atoms with E-state index in [-0.39, 0.29) is 19.2 Å². The second-order valence-corrected chi connectivity index (χ2v) is 4.98. The molecule has 1 fully saturated rings. The summed E-state index contributed by atoms with van der Waals surface area (Å²) in [4.78, 5) is 26.5. The minimum atomic E-state index is -1.04. The Hall–Kier alpha value is -2.08. The molecule has 1 atom stereocenters. The lowest BCUT2D eigenvalue weighted by Crippen LogP contribution is -2.56. The van der Waals surface area contributed by atoms with E-state index in [2.05, 4.69) is 6.92 Å². The second kappa shape index (κ2) is 6.58. The molecule has 6 nitrogen and oxygen atoms in total. The summed E-state index contributed by atoms with van der Waals surface area (Å²) in [6.45, 7) is 2.74. The lowest BCUT2D eigenvalue weighted by Gasteiger charge is -2.35. The number of hydrogen-bond acceptors (Lipinski definition) is 3. The fourth-order valence-corrected chi connectivity index (χ4v) is 2.30. The second-order valence-electron chi connectivity index (χ2n) is 4.98. The van der Waals surface area contributed by atoms with Gasteiger partial charge in [-0.3, -0.25) is 4.90 Å². The first-order valence-electron chi connectivity index (χ1n) is 6.98. The molecular formula is C15H20N2O4. The summed E-state index contributed by atoms with van der Waals surface area (Å²) >= 11 is 0. The molecule has 114 valence electrons. The molecule has 1 aromatic rings. The summed E-state index contributed by atoms with van der Waals surface area (Å²) in [6.07, 6.45) is 0.933. The largest absolute Gasteiger partial charge is 0.480 e. The summed E-state index contributed by atoms with van der Waals surface area (Å²) in [5.74, 6) is -1.04. The molecule has 2 amide bonds. The molecule has 0 spiro atoms. The predicted molar refractivity (Wildman–Crippen MR) is 78.6 cm³/mol. The van der Waals surface area contributed by atoms with Crippen LogP contribution in [-0.2, 0) is 16.0 Å². The van der Waals surface area contributed by atoms with Gasteiger partial charge in [0.25, 0.3) is 0 Å². The molecule has 1 aliphatic rings. The third kappa shape index (κ3) is 3.33. The zero-order chi connectivity index (χ0) is 15.4. The van der Waals surface area contributed by atoms with Gasteiger partial charge in [0, 0.05) is 19.3 Å². The molecule has 0 bridgehead atoms. The minimum Gasteiger partial charge on any atom is -0.480 e. The van der Waals surface area contributed by atoms with Crippen LogP contribution in [-0.4, -0.2) is 54.9 Å². The molecule has 21 heavy (non-hydrogen) atoms. The van der Waals surface area contributed by atoms with Crippen molar-refractivity contribution in [2.24, 2.45) is 0 Å². The van der Waals surface area contributed by atoms with E-state index in [4.69, 9.17) is 4.74 Å². The van der Waals surface area contributed by atoms with Crippen molar-refractivity contribution >= 4 is 17.7 Å². The Labute approximate surface area is 123 Å². The summed E-state index contributed by atoms with van der Waals surface area (Å²) in [6, 6.07) is 6.42. The highest BCUT2D eigenvalue weighted by atomic mass is 16.5. The summed E-state index contributed by atoms with van der Waals surface area (Å²) in [5, 5.41) is 9.19. The van der Waals surface area contributed by atoms with E-state index in [1.54, 1.807) is 7.05 Å². The van der Waals surface area contributed by atoms with Gasteiger partial charge >= 0.3 is 12.0 Å². The van der Waals surface area contributed by atoms with Crippen LogP contribution >= 0.6 is 0 Å². The third-order valence-electron chi connectivity index (χ3n) is 3.68. The summed E-state index contributed by atoms with van der Waals surface area (Å²) < 4.78 is 5.15. The Morgan fingerprint density at radius 2 is 2.05 bits per heavy atom. The number of amides is 2. The predicted octanol–water partition coefficient (Wildman–Crippen LogP) is 1.59. The van der Waals surface area contributed by atoms with Crippen LogP contribution in [0.2, 0.25) is 0 Å². The Bertz CT molecular complexity index is 515. The van der Waals surface area contributed by atoms with Crippen molar-refractivity contribution < 1.29 is 19.4 Å². The van der Waals surface area contributed by atoms with Crippen molar-refractivity contribution in [3.05, 3.63) is 29.8 Å². The monoisotopic (exact) mass is 292 g/mol. The van der Waals surface area contributed by atoms with Crippen molar-refractivity contribution in [3.8, 4) is 0 Å². The molecule has 1 aliphatic heterocycles. The Balaban J connectivity index is 2.14. The van der Waals surface area contributed by atoms with Gasteiger partial charge in [0.1, 0.15) is 0 Å². The van der Waals surface area contributed by atoms with Crippen LogP contribution in [0.5, 0.6) is 0 Å². The topological polar surface area (TPSA) is 70.1 Å². The molecule has 1 heterocycles. The smallest absolute Gasteiger partial charge is 0.328 e. The highest BCUT2D eigenvalue weighted by molar-refractivity contribution is 5.94. The van der Waals surface area contributed by atoms with Gasteiger partial charge in [-0.05, 0) is 24.1 Å². The SMILES string of the molecule is CCc1ccc(N(C)C(=O)N2CCOCC2C(=O)O)cc1. The Kier molecular flexibility index (Phi) is 4.80. The number of ether oxygens (including phenoxy) is 1. The molecule has 1 aromatic carbocycles. The normalized spacial score (nSPS) is 18.4. The molecule has 6 heteroatoms. The number of benzene rings is 1. The number of urea groups is 1. The van der Waals surface area contributed by atoms with Gasteiger partial charge < -0.3 is 14.7 Å². The molecule has 1 N–H and O–H groups in total. The number of aryl methyl sites for hydroxylation is 1. The van der Waals surface area contributed by atoms with Crippen LogP contribution in [0.3, 0.4) is 0 Å². The molecule has 0 aromatic heterocycles. The number of aliphatic carboxylic acids is 1. The van der Waals surface area contributed by atoms with Crippen LogP contribution in [0.4, 0.5) is 10.5 Å². The molecule has 0 aliphatic carbocycles. The lowest BCUT2D eigenvalue weighted by molar-refractivity contribution is -0.147. The number of nitrogens with zero attached hydrogens (tertiary/aromatic N) is 2. The van der Waals surface area contributed by atoms with Crippen LogP contribution < -0.4 is 4.90 Å². The van der Waals surface area contributed by atoms with Gasteiger partial charge in [-0.15, -0.1) is 0 Å². The average Bonchev–Trinajstić information content (AvgIpc) is 2.53. The zero-order valence-electron chi connectivity index (χ0n) is 12.3. The zero-order valence-corrected chi connectivity index (χ0v) is 12.3. The maximum Gasteiger partial charge on any atom is 0.328 e. The van der Waals surface area contributed by atoms with Crippen molar-refractivity contribution in [1.29, 1.82) is 0 Å². The van der Waals surface area contributed by atoms with Gasteiger partial charge in [-0.2, -0.15) is 0 Å². The Morgan fingerprint density at radius 3 is 2.62 bits per heavy atom. The third-order valence-corrected chi connectivity index (χ3v) is 3.68. The van der Waals surface area contributed by atoms with Crippen LogP contribution in [0, 0.1) is 0 Å². The molecule has 0 radical (unpaired) electrons. The van der Waals surface area contributed by atoms with E-state index in [0.717, 1.165) is 12.1 Å². The lowest BCUT2D eigenvalue weighted by atomic mass is 10.1. The van der Waals surface area contributed by atoms with Crippen molar-refractivity contribution in [2.45, 2.75) is 19.4 Å². The van der Waals surface area contributed by atoms with E-state index in [9.17, 15) is 14.7 Å². The van der Waals surface area contributed by atoms with Crippen LogP contribution in [0.25, 0.3) is 0 Å². The molecule has 1 unspecified atom stereocenters. The minimum absolute atomic E-state index is 0.0314. The summed E-state index contributed by atoms with van der Waals surface area (Å²) in [7, 11) is 1.65. The molecule has 2 rings (SSSR count). The first-order chi connectivity index (χ1) is 10.0. The van der Waals surface area contributed by atoms with Crippen LogP contribution in [0.1, 0.15) is 12.5 Å². The fraction of sp³-hybridized carbons (Fsp3) is 0.467. The van der Waals surface area contributed by atoms with Gasteiger partial charge in [0.15, 0.2) is 6.04 Å². The number of carbonyl (C=O) groups excluding carboxylic acids is 1. The fourth-order valence-electron chi connectivity index (χ4n) is 2.30. The molecular weight excluding hydrogens is 272 g/mol. The van der Waals surface area contributed by atoms with Gasteiger partial charge in [-0.1, -0.05) is 19.1 Å². The maximum atomic E-state index is 12.5. The number of carbonyl (C=O) groups is 2. The van der Waals surface area contributed by atoms with E-state index >= 15 is 0 Å². The number of rotatable bonds is 3. The van der Waals surface area contributed by atoms with Crippen molar-refractivity contribution in [2.75, 3.05) is 31.7 Å². The number of morpholine rings is 1.